The summed E-state index contributed by atoms with van der Waals surface area (Å²) >= 11 is 0. The van der Waals surface area contributed by atoms with Crippen molar-refractivity contribution >= 4 is 5.78 Å². The summed E-state index contributed by atoms with van der Waals surface area (Å²) in [6.45, 7) is 8.48. The lowest BCUT2D eigenvalue weighted by molar-refractivity contribution is -0.115. The van der Waals surface area contributed by atoms with Gasteiger partial charge in [-0.25, -0.2) is 0 Å². The highest BCUT2D eigenvalue weighted by Crippen LogP contribution is 2.30. The topological polar surface area (TPSA) is 17.1 Å². The van der Waals surface area contributed by atoms with Gasteiger partial charge in [-0.05, 0) is 83.6 Å². The molecule has 1 heteroatoms. The normalized spacial score (nSPS) is 22.6. The minimum Gasteiger partial charge on any atom is -0.295 e. The van der Waals surface area contributed by atoms with Crippen molar-refractivity contribution in [3.05, 3.63) is 47.1 Å². The molecule has 2 aliphatic rings. The van der Waals surface area contributed by atoms with Crippen LogP contribution in [0.3, 0.4) is 0 Å². The number of carbonyl (C=O) groups excluding carboxylic acids is 1. The summed E-state index contributed by atoms with van der Waals surface area (Å²) in [5.74, 6) is 1.03. The molecule has 126 valence electrons. The molecule has 0 aromatic heterocycles. The van der Waals surface area contributed by atoms with Crippen molar-refractivity contribution in [3.8, 4) is 0 Å². The Morgan fingerprint density at radius 1 is 1.22 bits per heavy atom. The van der Waals surface area contributed by atoms with Gasteiger partial charge in [0.1, 0.15) is 0 Å². The molecule has 0 unspecified atom stereocenters. The fraction of sp³-hybridized carbons (Fsp3) is 0.591. The van der Waals surface area contributed by atoms with Crippen LogP contribution in [0.5, 0.6) is 0 Å². The van der Waals surface area contributed by atoms with Crippen molar-refractivity contribution < 1.29 is 4.79 Å². The minimum atomic E-state index is 0.324. The molecular weight excluding hydrogens is 280 g/mol. The molecule has 23 heavy (non-hydrogen) atoms. The fourth-order valence-electron chi connectivity index (χ4n) is 3.59. The zero-order valence-corrected chi connectivity index (χ0v) is 15.0. The second-order valence-electron chi connectivity index (χ2n) is 7.39. The Balaban J connectivity index is 1.69. The summed E-state index contributed by atoms with van der Waals surface area (Å²) in [6, 6.07) is 0. The molecule has 2 rings (SSSR count). The van der Waals surface area contributed by atoms with Gasteiger partial charge < -0.3 is 0 Å². The molecule has 0 bridgehead atoms. The first-order chi connectivity index (χ1) is 11.0. The van der Waals surface area contributed by atoms with Crippen LogP contribution in [0.2, 0.25) is 0 Å². The first-order valence-corrected chi connectivity index (χ1v) is 9.26. The van der Waals surface area contributed by atoms with Gasteiger partial charge in [-0.1, -0.05) is 41.0 Å². The maximum Gasteiger partial charge on any atom is 0.155 e. The minimum absolute atomic E-state index is 0.324. The van der Waals surface area contributed by atoms with Crippen LogP contribution in [0.4, 0.5) is 0 Å². The van der Waals surface area contributed by atoms with E-state index in [4.69, 9.17) is 0 Å². The first-order valence-electron chi connectivity index (χ1n) is 9.26. The summed E-state index contributed by atoms with van der Waals surface area (Å²) in [5, 5.41) is 0. The molecule has 1 nitrogen and oxygen atoms in total. The van der Waals surface area contributed by atoms with E-state index in [2.05, 4.69) is 32.6 Å². The van der Waals surface area contributed by atoms with Crippen molar-refractivity contribution in [1.29, 1.82) is 0 Å². The van der Waals surface area contributed by atoms with Gasteiger partial charge in [0.15, 0.2) is 5.78 Å². The van der Waals surface area contributed by atoms with Crippen LogP contribution in [0, 0.1) is 5.92 Å². The maximum absolute atomic E-state index is 11.4. The third kappa shape index (κ3) is 6.33. The molecule has 0 heterocycles. The van der Waals surface area contributed by atoms with Crippen LogP contribution in [0.1, 0.15) is 78.1 Å². The Morgan fingerprint density at radius 2 is 2.04 bits per heavy atom. The molecule has 0 saturated heterocycles. The van der Waals surface area contributed by atoms with Crippen LogP contribution < -0.4 is 0 Å². The number of ketones is 1. The third-order valence-electron chi connectivity index (χ3n) is 5.29. The predicted molar refractivity (Wildman–Crippen MR) is 99.4 cm³/mol. The molecule has 0 aromatic rings. The van der Waals surface area contributed by atoms with Gasteiger partial charge in [0, 0.05) is 6.42 Å². The van der Waals surface area contributed by atoms with E-state index in [9.17, 15) is 4.79 Å². The van der Waals surface area contributed by atoms with Crippen molar-refractivity contribution in [2.75, 3.05) is 0 Å². The van der Waals surface area contributed by atoms with Crippen molar-refractivity contribution in [2.24, 2.45) is 5.92 Å². The Bertz CT molecular complexity index is 530. The number of hydrogen-bond acceptors (Lipinski definition) is 1. The number of allylic oxidation sites excluding steroid dienone is 7. The van der Waals surface area contributed by atoms with Gasteiger partial charge in [0.05, 0.1) is 0 Å². The number of rotatable bonds is 7. The highest BCUT2D eigenvalue weighted by molar-refractivity contribution is 5.91. The van der Waals surface area contributed by atoms with E-state index >= 15 is 0 Å². The van der Waals surface area contributed by atoms with Gasteiger partial charge >= 0.3 is 0 Å². The van der Waals surface area contributed by atoms with Crippen LogP contribution in [0.15, 0.2) is 47.1 Å². The smallest absolute Gasteiger partial charge is 0.155 e. The van der Waals surface area contributed by atoms with E-state index in [1.165, 1.54) is 42.4 Å². The second-order valence-corrected chi connectivity index (χ2v) is 7.39. The lowest BCUT2D eigenvalue weighted by atomic mass is 9.84. The molecular formula is C22H32O. The molecule has 2 aliphatic carbocycles. The van der Waals surface area contributed by atoms with E-state index in [-0.39, 0.29) is 0 Å². The molecule has 0 radical (unpaired) electrons. The average Bonchev–Trinajstić information content (AvgIpc) is 2.53. The van der Waals surface area contributed by atoms with Crippen LogP contribution >= 0.6 is 0 Å². The Hall–Kier alpha value is -1.37. The molecule has 1 atom stereocenters. The van der Waals surface area contributed by atoms with Gasteiger partial charge in [-0.15, -0.1) is 0 Å². The molecule has 0 aromatic carbocycles. The van der Waals surface area contributed by atoms with E-state index in [0.717, 1.165) is 38.5 Å². The molecule has 0 aliphatic heterocycles. The Kier molecular flexibility index (Phi) is 7.08. The monoisotopic (exact) mass is 312 g/mol. The highest BCUT2D eigenvalue weighted by atomic mass is 16.1. The largest absolute Gasteiger partial charge is 0.295 e. The van der Waals surface area contributed by atoms with E-state index in [0.29, 0.717) is 11.7 Å². The molecule has 0 fully saturated rings. The van der Waals surface area contributed by atoms with Crippen molar-refractivity contribution in [2.45, 2.75) is 78.1 Å². The van der Waals surface area contributed by atoms with Crippen LogP contribution in [-0.4, -0.2) is 5.78 Å². The summed E-state index contributed by atoms with van der Waals surface area (Å²) in [7, 11) is 0. The van der Waals surface area contributed by atoms with Gasteiger partial charge in [-0.2, -0.15) is 0 Å². The molecule has 0 amide bonds. The quantitative estimate of drug-likeness (QED) is 0.492. The Labute approximate surface area is 142 Å². The summed E-state index contributed by atoms with van der Waals surface area (Å²) in [4.78, 5) is 11.4. The van der Waals surface area contributed by atoms with E-state index < -0.39 is 0 Å². The summed E-state index contributed by atoms with van der Waals surface area (Å²) in [6.07, 6.45) is 17.9. The number of carbonyl (C=O) groups is 1. The lowest BCUT2D eigenvalue weighted by Crippen LogP contribution is -2.06. The van der Waals surface area contributed by atoms with Crippen LogP contribution in [-0.2, 0) is 4.79 Å². The van der Waals surface area contributed by atoms with Crippen molar-refractivity contribution in [1.82, 2.24) is 0 Å². The Morgan fingerprint density at radius 3 is 2.70 bits per heavy atom. The standard InChI is InChI=1S/C22H32O/c1-17(2)21-14-12-19(13-15-21)7-4-6-18(3)10-11-20-8-5-9-22(23)16-20/h6,12,16,21H,1,4-5,7-11,13-15H2,2-3H3/b18-6+/t21-/m1/s1. The first kappa shape index (κ1) is 18.0. The lowest BCUT2D eigenvalue weighted by Gasteiger charge is -2.22. The zero-order chi connectivity index (χ0) is 16.7. The second kappa shape index (κ2) is 9.05. The number of hydrogen-bond donors (Lipinski definition) is 0. The van der Waals surface area contributed by atoms with Crippen molar-refractivity contribution in [3.63, 3.8) is 0 Å². The van der Waals surface area contributed by atoms with Crippen LogP contribution in [0.25, 0.3) is 0 Å². The highest BCUT2D eigenvalue weighted by Gasteiger charge is 2.14. The van der Waals surface area contributed by atoms with E-state index in [1.54, 1.807) is 5.57 Å². The van der Waals surface area contributed by atoms with Gasteiger partial charge in [-0.3, -0.25) is 4.79 Å². The van der Waals surface area contributed by atoms with Gasteiger partial charge in [0.25, 0.3) is 0 Å². The van der Waals surface area contributed by atoms with E-state index in [1.807, 2.05) is 6.08 Å². The fourth-order valence-corrected chi connectivity index (χ4v) is 3.59. The summed E-state index contributed by atoms with van der Waals surface area (Å²) in [5.41, 5.74) is 5.80. The average molecular weight is 312 g/mol. The van der Waals surface area contributed by atoms with Gasteiger partial charge in [0.2, 0.25) is 0 Å². The zero-order valence-electron chi connectivity index (χ0n) is 15.0. The predicted octanol–water partition coefficient (Wildman–Crippen LogP) is 6.48. The third-order valence-corrected chi connectivity index (χ3v) is 5.29. The summed E-state index contributed by atoms with van der Waals surface area (Å²) < 4.78 is 0. The molecule has 0 saturated carbocycles. The molecule has 0 N–H and O–H groups in total. The molecule has 0 spiro atoms. The maximum atomic E-state index is 11.4. The SMILES string of the molecule is C=C(C)[C@@H]1CC=C(CC/C=C(\C)CCC2=CC(=O)CCC2)CC1.